The lowest BCUT2D eigenvalue weighted by Crippen LogP contribution is -2.12. The van der Waals surface area contributed by atoms with Crippen LogP contribution in [-0.4, -0.2) is 8.80 Å². The molecule has 306 valence electrons. The van der Waals surface area contributed by atoms with Crippen molar-refractivity contribution in [3.8, 4) is 0 Å². The average Bonchev–Trinajstić information content (AvgIpc) is 4.23. The third-order valence-electron chi connectivity index (χ3n) is 12.9. The molecule has 0 aliphatic rings. The van der Waals surface area contributed by atoms with Crippen LogP contribution in [0.5, 0.6) is 0 Å². The van der Waals surface area contributed by atoms with Gasteiger partial charge in [0, 0.05) is 65.8 Å². The number of benzene rings is 9. The molecule has 4 aromatic heterocycles. The van der Waals surface area contributed by atoms with Crippen LogP contribution in [0.2, 0.25) is 0 Å². The largest absolute Gasteiger partial charge is 0.310 e. The van der Waals surface area contributed by atoms with E-state index in [1.807, 2.05) is 136 Å². The monoisotopic (exact) mass is 836 g/mol. The van der Waals surface area contributed by atoms with Crippen molar-refractivity contribution in [1.29, 1.82) is 0 Å². The van der Waals surface area contributed by atoms with E-state index in [9.17, 15) is 13.7 Å². The van der Waals surface area contributed by atoms with Gasteiger partial charge in [-0.3, -0.25) is 0 Å². The van der Waals surface area contributed by atoms with Crippen molar-refractivity contribution in [2.24, 2.45) is 0 Å². The summed E-state index contributed by atoms with van der Waals surface area (Å²) in [6.45, 7) is 11.6. The molecule has 0 aliphatic heterocycles. The fourth-order valence-electron chi connectivity index (χ4n) is 9.82. The Morgan fingerprint density at radius 3 is 1.17 bits per heavy atom. The highest BCUT2D eigenvalue weighted by Crippen LogP contribution is 2.51. The quantitative estimate of drug-likeness (QED) is 0.166. The van der Waals surface area contributed by atoms with E-state index >= 15 is 0 Å². The number of rotatable bonds is 6. The average molecular weight is 837 g/mol. The van der Waals surface area contributed by atoms with E-state index in [0.717, 1.165) is 33.4 Å². The maximum atomic E-state index is 10.6. The van der Waals surface area contributed by atoms with E-state index in [0.29, 0.717) is 22.7 Å². The van der Waals surface area contributed by atoms with E-state index in [4.69, 9.17) is 5.48 Å². The van der Waals surface area contributed by atoms with E-state index in [1.54, 1.807) is 0 Å². The van der Waals surface area contributed by atoms with Gasteiger partial charge in [0.25, 0.3) is 0 Å². The lowest BCUT2D eigenvalue weighted by molar-refractivity contribution is 1.24. The van der Waals surface area contributed by atoms with E-state index in [2.05, 4.69) is 0 Å². The molecule has 0 saturated carbocycles. The Bertz CT molecular complexity index is 4540. The van der Waals surface area contributed by atoms with Crippen LogP contribution in [0.25, 0.3) is 76.2 Å². The summed E-state index contributed by atoms with van der Waals surface area (Å²) < 4.78 is 140. The standard InChI is InChI=1S/C60H46N4/c1-35-17-23-41(24-18-35)61(53-31-37(3)15-21-39(53)5)51-29-27-43-47-33-56-48(34-55(47)63-49-13-9-7-11-45(49)57(51)59(43)63)44-28-30-52(58-46-12-8-10-14-50(46)64(56)60(44)58)62(42-25-19-36(2)20-26-42)54-32-38(4)16-22-40(54)6/h7-34H,1-6H3/i7D,8D,9D,10D,11D,12D,13D,14D,27D,28D,29D,30D,33D,34D. The van der Waals surface area contributed by atoms with Gasteiger partial charge in [-0.1, -0.05) is 108 Å². The third-order valence-corrected chi connectivity index (χ3v) is 12.9. The van der Waals surface area contributed by atoms with Crippen molar-refractivity contribution in [3.05, 3.63) is 203 Å². The van der Waals surface area contributed by atoms with E-state index < -0.39 is 48.3 Å². The predicted molar refractivity (Wildman–Crippen MR) is 274 cm³/mol. The van der Waals surface area contributed by atoms with Crippen molar-refractivity contribution in [1.82, 2.24) is 8.80 Å². The number of hydrogen-bond donors (Lipinski definition) is 0. The summed E-state index contributed by atoms with van der Waals surface area (Å²) in [5.74, 6) is 0. The summed E-state index contributed by atoms with van der Waals surface area (Å²) in [5, 5.41) is 0.480. The zero-order valence-corrected chi connectivity index (χ0v) is 35.9. The van der Waals surface area contributed by atoms with Gasteiger partial charge in [0.05, 0.1) is 63.7 Å². The fraction of sp³-hybridized carbons (Fsp3) is 0.100. The smallest absolute Gasteiger partial charge is 0.0653 e. The zero-order valence-electron chi connectivity index (χ0n) is 49.9. The van der Waals surface area contributed by atoms with Crippen LogP contribution >= 0.6 is 0 Å². The molecule has 64 heavy (non-hydrogen) atoms. The normalized spacial score (nSPS) is 15.3. The molecule has 4 nitrogen and oxygen atoms in total. The molecule has 0 N–H and O–H groups in total. The first-order valence-corrected chi connectivity index (χ1v) is 21.3. The van der Waals surface area contributed by atoms with Crippen LogP contribution < -0.4 is 9.80 Å². The lowest BCUT2D eigenvalue weighted by Gasteiger charge is -2.28. The summed E-state index contributed by atoms with van der Waals surface area (Å²) >= 11 is 0. The molecule has 0 fully saturated rings. The highest BCUT2D eigenvalue weighted by Gasteiger charge is 2.28. The second-order valence-electron chi connectivity index (χ2n) is 17.1. The van der Waals surface area contributed by atoms with Crippen LogP contribution in [0.4, 0.5) is 34.1 Å². The molecule has 0 radical (unpaired) electrons. The first kappa shape index (κ1) is 25.3. The van der Waals surface area contributed by atoms with Gasteiger partial charge in [-0.2, -0.15) is 0 Å². The van der Waals surface area contributed by atoms with Gasteiger partial charge in [-0.25, -0.2) is 0 Å². The number of para-hydroxylation sites is 2. The molecule has 0 spiro atoms. The van der Waals surface area contributed by atoms with Crippen LogP contribution in [0.15, 0.2) is 170 Å². The number of nitrogens with zero attached hydrogens (tertiary/aromatic N) is 4. The van der Waals surface area contributed by atoms with Crippen LogP contribution in [0.1, 0.15) is 52.6 Å². The minimum absolute atomic E-state index is 0.00936. The molecular formula is C60H46N4. The van der Waals surface area contributed by atoms with Crippen molar-refractivity contribution in [3.63, 3.8) is 0 Å². The Kier molecular flexibility index (Phi) is 5.28. The Morgan fingerprint density at radius 1 is 0.359 bits per heavy atom. The van der Waals surface area contributed by atoms with Gasteiger partial charge in [0.2, 0.25) is 0 Å². The minimum Gasteiger partial charge on any atom is -0.310 e. The minimum atomic E-state index is -0.563. The van der Waals surface area contributed by atoms with Crippen molar-refractivity contribution in [2.45, 2.75) is 41.5 Å². The third kappa shape index (κ3) is 5.05. The molecule has 0 atom stereocenters. The van der Waals surface area contributed by atoms with Gasteiger partial charge in [0.1, 0.15) is 0 Å². The Labute approximate surface area is 391 Å². The molecule has 4 heteroatoms. The number of fused-ring (bicyclic) bond motifs is 12. The first-order valence-electron chi connectivity index (χ1n) is 28.3. The van der Waals surface area contributed by atoms with Gasteiger partial charge >= 0.3 is 0 Å². The van der Waals surface area contributed by atoms with Crippen LogP contribution in [0, 0.1) is 41.5 Å². The fourth-order valence-corrected chi connectivity index (χ4v) is 9.82. The summed E-state index contributed by atoms with van der Waals surface area (Å²) in [6.07, 6.45) is 0. The molecule has 13 aromatic rings. The summed E-state index contributed by atoms with van der Waals surface area (Å²) in [6, 6.07) is 21.0. The van der Waals surface area contributed by atoms with Gasteiger partial charge in [0.15, 0.2) is 0 Å². The molecule has 9 aromatic carbocycles. The maximum absolute atomic E-state index is 10.6. The molecule has 0 bridgehead atoms. The highest BCUT2D eigenvalue weighted by atomic mass is 15.2. The molecule has 0 unspecified atom stereocenters. The maximum Gasteiger partial charge on any atom is 0.0653 e. The molecule has 0 saturated heterocycles. The molecule has 13 rings (SSSR count). The van der Waals surface area contributed by atoms with Gasteiger partial charge in [-0.05, 0) is 136 Å². The number of aryl methyl sites for hydroxylation is 6. The second-order valence-corrected chi connectivity index (χ2v) is 17.1. The Balaban J connectivity index is 1.30. The first-order chi connectivity index (χ1) is 37.1. The van der Waals surface area contributed by atoms with Crippen molar-refractivity contribution in [2.75, 3.05) is 9.80 Å². The van der Waals surface area contributed by atoms with Crippen LogP contribution in [-0.2, 0) is 0 Å². The highest BCUT2D eigenvalue weighted by molar-refractivity contribution is 6.32. The van der Waals surface area contributed by atoms with E-state index in [-0.39, 0.29) is 124 Å². The Morgan fingerprint density at radius 2 is 0.750 bits per heavy atom. The van der Waals surface area contributed by atoms with Gasteiger partial charge in [-0.15, -0.1) is 0 Å². The van der Waals surface area contributed by atoms with Crippen molar-refractivity contribution >= 4 is 110 Å². The second kappa shape index (κ2) is 13.3. The predicted octanol–water partition coefficient (Wildman–Crippen LogP) is 16.8. The number of hydrogen-bond acceptors (Lipinski definition) is 2. The number of aromatic nitrogens is 2. The van der Waals surface area contributed by atoms with Crippen LogP contribution in [0.3, 0.4) is 0 Å². The molecule has 0 aliphatic carbocycles. The summed E-state index contributed by atoms with van der Waals surface area (Å²) in [4.78, 5) is 3.67. The SMILES string of the molecule is [2H]c1c([2H])c([2H])c2c(c1[2H])c1c(N(c3ccc(C)cc3)c3cc(C)ccc3C)c([2H])c([2H])c3c4c([2H])c5c(c([2H])c4n2c31)c1c([2H])c([2H])c(N(c2ccc(C)cc2)c2cc(C)ccc2C)c2c3c([2H])c([2H])c([2H])c([2H])c3n5c12. The topological polar surface area (TPSA) is 15.3 Å². The summed E-state index contributed by atoms with van der Waals surface area (Å²) in [5.41, 5.74) is 8.32. The Hall–Kier alpha value is -7.82. The molecular weight excluding hydrogens is 777 g/mol. The summed E-state index contributed by atoms with van der Waals surface area (Å²) in [7, 11) is 0. The lowest BCUT2D eigenvalue weighted by atomic mass is 10.0. The zero-order chi connectivity index (χ0) is 55.3. The molecule has 0 amide bonds. The van der Waals surface area contributed by atoms with Gasteiger partial charge < -0.3 is 18.6 Å². The van der Waals surface area contributed by atoms with E-state index in [1.165, 1.54) is 8.80 Å². The van der Waals surface area contributed by atoms with Crippen molar-refractivity contribution < 1.29 is 19.2 Å². The molecule has 4 heterocycles. The number of anilines is 6.